The van der Waals surface area contributed by atoms with Gasteiger partial charge in [-0.05, 0) is 86.5 Å². The summed E-state index contributed by atoms with van der Waals surface area (Å²) < 4.78 is 17.7. The number of rotatable bonds is 9. The van der Waals surface area contributed by atoms with E-state index in [2.05, 4.69) is 10.4 Å². The van der Waals surface area contributed by atoms with Crippen molar-refractivity contribution < 1.29 is 23.8 Å². The van der Waals surface area contributed by atoms with Gasteiger partial charge in [-0.1, -0.05) is 17.7 Å². The van der Waals surface area contributed by atoms with Crippen LogP contribution in [0.25, 0.3) is 5.69 Å². The maximum atomic E-state index is 13.8. The molecule has 222 valence electrons. The van der Waals surface area contributed by atoms with Crippen LogP contribution in [0.4, 0.5) is 11.4 Å². The predicted molar refractivity (Wildman–Crippen MR) is 163 cm³/mol. The predicted octanol–water partition coefficient (Wildman–Crippen LogP) is 5.85. The molecule has 11 heteroatoms. The summed E-state index contributed by atoms with van der Waals surface area (Å²) in [5.41, 5.74) is 1.08. The zero-order valence-corrected chi connectivity index (χ0v) is 24.5. The summed E-state index contributed by atoms with van der Waals surface area (Å²) >= 11 is 6.03. The van der Waals surface area contributed by atoms with Crippen molar-refractivity contribution in [3.8, 4) is 22.9 Å². The molecule has 0 bridgehead atoms. The molecule has 43 heavy (non-hydrogen) atoms. The molecule has 1 aliphatic rings. The fraction of sp³-hybridized carbons (Fsp3) is 0.250. The van der Waals surface area contributed by atoms with Crippen LogP contribution in [0.2, 0.25) is 5.02 Å². The van der Waals surface area contributed by atoms with E-state index in [1.54, 1.807) is 91.7 Å². The van der Waals surface area contributed by atoms with Gasteiger partial charge in [-0.25, -0.2) is 0 Å². The summed E-state index contributed by atoms with van der Waals surface area (Å²) in [6, 6.07) is 20.5. The van der Waals surface area contributed by atoms with Crippen molar-refractivity contribution in [3.05, 3.63) is 99.9 Å². The van der Waals surface area contributed by atoms with Gasteiger partial charge in [0.15, 0.2) is 11.4 Å². The molecule has 1 aromatic heterocycles. The average molecular weight is 603 g/mol. The first-order chi connectivity index (χ1) is 20.9. The van der Waals surface area contributed by atoms with Gasteiger partial charge in [0.1, 0.15) is 11.5 Å². The quantitative estimate of drug-likeness (QED) is 0.238. The number of piperidine rings is 1. The second kappa shape index (κ2) is 13.4. The first kappa shape index (κ1) is 29.7. The lowest BCUT2D eigenvalue weighted by atomic mass is 9.97. The molecular formula is C32H31ClN4O6. The molecular weight excluding hydrogens is 572 g/mol. The van der Waals surface area contributed by atoms with Crippen LogP contribution in [0.3, 0.4) is 0 Å². The van der Waals surface area contributed by atoms with Crippen LogP contribution < -0.4 is 20.3 Å². The Morgan fingerprint density at radius 3 is 2.51 bits per heavy atom. The minimum Gasteiger partial charge on any atom is -0.497 e. The molecule has 4 aromatic rings. The monoisotopic (exact) mass is 602 g/mol. The maximum absolute atomic E-state index is 13.8. The molecule has 1 aliphatic heterocycles. The van der Waals surface area contributed by atoms with E-state index in [0.29, 0.717) is 66.0 Å². The highest BCUT2D eigenvalue weighted by atomic mass is 35.5. The Morgan fingerprint density at radius 2 is 1.79 bits per heavy atom. The Morgan fingerprint density at radius 1 is 1.05 bits per heavy atom. The van der Waals surface area contributed by atoms with Crippen LogP contribution in [0.15, 0.2) is 83.8 Å². The van der Waals surface area contributed by atoms with Crippen molar-refractivity contribution in [3.63, 3.8) is 0 Å². The van der Waals surface area contributed by atoms with Crippen LogP contribution in [0, 0.1) is 5.92 Å². The summed E-state index contributed by atoms with van der Waals surface area (Å²) in [6.45, 7) is 2.91. The lowest BCUT2D eigenvalue weighted by Gasteiger charge is -2.31. The molecule has 0 saturated carbocycles. The van der Waals surface area contributed by atoms with Gasteiger partial charge in [-0.2, -0.15) is 9.78 Å². The molecule has 1 amide bonds. The largest absolute Gasteiger partial charge is 0.497 e. The average Bonchev–Trinajstić information content (AvgIpc) is 3.04. The highest BCUT2D eigenvalue weighted by Crippen LogP contribution is 2.30. The number of hydrogen-bond acceptors (Lipinski definition) is 8. The Bertz CT molecular complexity index is 1660. The van der Waals surface area contributed by atoms with Crippen molar-refractivity contribution in [1.29, 1.82) is 0 Å². The molecule has 1 unspecified atom stereocenters. The number of anilines is 2. The fourth-order valence-electron chi connectivity index (χ4n) is 4.84. The van der Waals surface area contributed by atoms with Crippen molar-refractivity contribution in [1.82, 2.24) is 14.7 Å². The first-order valence-corrected chi connectivity index (χ1v) is 14.3. The number of halogens is 1. The molecule has 1 saturated heterocycles. The van der Waals surface area contributed by atoms with Crippen LogP contribution in [0.1, 0.15) is 30.1 Å². The number of carbonyl (C=O) groups is 2. The van der Waals surface area contributed by atoms with Crippen molar-refractivity contribution in [2.45, 2.75) is 19.8 Å². The number of ether oxygens (including phenoxy) is 3. The van der Waals surface area contributed by atoms with Crippen molar-refractivity contribution in [2.24, 2.45) is 5.92 Å². The lowest BCUT2D eigenvalue weighted by Crippen LogP contribution is -2.42. The third-order valence-corrected chi connectivity index (χ3v) is 7.26. The second-order valence-electron chi connectivity index (χ2n) is 9.90. The van der Waals surface area contributed by atoms with E-state index in [4.69, 9.17) is 25.8 Å². The molecule has 0 aliphatic carbocycles. The van der Waals surface area contributed by atoms with E-state index in [1.165, 1.54) is 10.9 Å². The molecule has 0 radical (unpaired) electrons. The van der Waals surface area contributed by atoms with Gasteiger partial charge in [0.05, 0.1) is 31.5 Å². The number of aromatic nitrogens is 2. The first-order valence-electron chi connectivity index (χ1n) is 13.9. The number of methoxy groups -OCH3 is 1. The fourth-order valence-corrected chi connectivity index (χ4v) is 4.96. The van der Waals surface area contributed by atoms with Crippen LogP contribution in [-0.2, 0) is 9.53 Å². The van der Waals surface area contributed by atoms with E-state index in [0.717, 1.165) is 0 Å². The molecule has 2 heterocycles. The second-order valence-corrected chi connectivity index (χ2v) is 10.3. The van der Waals surface area contributed by atoms with E-state index < -0.39 is 5.56 Å². The standard InChI is InChI=1S/C32H31ClN4O6/c1-3-42-32(40)22-7-5-17-36(20-22)30(38)21-6-4-8-24(18-21)35-29-28(43-27-13-9-23(33)10-14-27)19-34-37(31(29)39)25-11-15-26(41-2)16-12-25/h4,6,8-16,18-19,22,35H,3,5,7,17,20H2,1-2H3. The van der Waals surface area contributed by atoms with Crippen molar-refractivity contribution in [2.75, 3.05) is 32.1 Å². The van der Waals surface area contributed by atoms with Crippen LogP contribution in [-0.4, -0.2) is 53.4 Å². The Balaban J connectivity index is 1.45. The molecule has 10 nitrogen and oxygen atoms in total. The van der Waals surface area contributed by atoms with Gasteiger partial charge in [0, 0.05) is 29.4 Å². The SMILES string of the molecule is CCOC(=O)C1CCCN(C(=O)c2cccc(Nc3c(Oc4ccc(Cl)cc4)cnn(-c4ccc(OC)cc4)c3=O)c2)C1. The highest BCUT2D eigenvalue weighted by Gasteiger charge is 2.30. The number of amides is 1. The third-order valence-electron chi connectivity index (χ3n) is 7.01. The van der Waals surface area contributed by atoms with E-state index in [-0.39, 0.29) is 29.2 Å². The van der Waals surface area contributed by atoms with E-state index in [1.807, 2.05) is 0 Å². The molecule has 1 N–H and O–H groups in total. The van der Waals surface area contributed by atoms with Crippen LogP contribution in [0.5, 0.6) is 17.2 Å². The normalized spacial score (nSPS) is 14.6. The summed E-state index contributed by atoms with van der Waals surface area (Å²) in [4.78, 5) is 41.2. The zero-order valence-electron chi connectivity index (χ0n) is 23.8. The number of hydrogen-bond donors (Lipinski definition) is 1. The van der Waals surface area contributed by atoms with Crippen LogP contribution >= 0.6 is 11.6 Å². The maximum Gasteiger partial charge on any atom is 0.310 e. The number of benzene rings is 3. The number of esters is 1. The smallest absolute Gasteiger partial charge is 0.310 e. The zero-order chi connectivity index (χ0) is 30.3. The van der Waals surface area contributed by atoms with Gasteiger partial charge < -0.3 is 24.4 Å². The summed E-state index contributed by atoms with van der Waals surface area (Å²) in [7, 11) is 1.56. The minimum absolute atomic E-state index is 0.116. The Hall–Kier alpha value is -4.83. The number of nitrogens with zero attached hydrogens (tertiary/aromatic N) is 3. The Kier molecular flexibility index (Phi) is 9.26. The van der Waals surface area contributed by atoms with Gasteiger partial charge in [0.25, 0.3) is 11.5 Å². The molecule has 1 fully saturated rings. The van der Waals surface area contributed by atoms with E-state index in [9.17, 15) is 14.4 Å². The lowest BCUT2D eigenvalue weighted by molar-refractivity contribution is -0.149. The number of carbonyl (C=O) groups excluding carboxylic acids is 2. The Labute approximate surface area is 253 Å². The third kappa shape index (κ3) is 6.98. The molecule has 1 atom stereocenters. The number of likely N-dealkylation sites (tertiary alicyclic amines) is 1. The minimum atomic E-state index is -0.471. The number of nitrogens with one attached hydrogen (secondary N) is 1. The summed E-state index contributed by atoms with van der Waals surface area (Å²) in [5.74, 6) is 0.444. The van der Waals surface area contributed by atoms with Gasteiger partial charge in [-0.15, -0.1) is 0 Å². The van der Waals surface area contributed by atoms with Gasteiger partial charge >= 0.3 is 5.97 Å². The van der Waals surface area contributed by atoms with Crippen molar-refractivity contribution >= 4 is 34.9 Å². The summed E-state index contributed by atoms with van der Waals surface area (Å²) in [6.07, 6.45) is 2.84. The molecule has 3 aromatic carbocycles. The van der Waals surface area contributed by atoms with Gasteiger partial charge in [0.2, 0.25) is 0 Å². The molecule has 0 spiro atoms. The summed E-state index contributed by atoms with van der Waals surface area (Å²) in [5, 5.41) is 8.03. The molecule has 5 rings (SSSR count). The highest BCUT2D eigenvalue weighted by molar-refractivity contribution is 6.30. The topological polar surface area (TPSA) is 112 Å². The van der Waals surface area contributed by atoms with E-state index >= 15 is 0 Å². The van der Waals surface area contributed by atoms with Gasteiger partial charge in [-0.3, -0.25) is 14.4 Å².